The number of nitrogens with zero attached hydrogens (tertiary/aromatic N) is 1. The number of nitrogens with one attached hydrogen (secondary N) is 2. The van der Waals surface area contributed by atoms with Crippen LogP contribution in [0, 0.1) is 19.8 Å². The van der Waals surface area contributed by atoms with Gasteiger partial charge in [-0.15, -0.1) is 0 Å². The summed E-state index contributed by atoms with van der Waals surface area (Å²) < 4.78 is 55.5. The Morgan fingerprint density at radius 2 is 1.54 bits per heavy atom. The summed E-state index contributed by atoms with van der Waals surface area (Å²) >= 11 is 12.3. The van der Waals surface area contributed by atoms with E-state index in [9.17, 15) is 21.6 Å². The van der Waals surface area contributed by atoms with Crippen LogP contribution in [0.3, 0.4) is 0 Å². The van der Waals surface area contributed by atoms with Crippen molar-refractivity contribution in [3.8, 4) is 0 Å². The van der Waals surface area contributed by atoms with Crippen molar-refractivity contribution in [1.29, 1.82) is 0 Å². The number of rotatable bonds is 8. The third-order valence-electron chi connectivity index (χ3n) is 6.68. The van der Waals surface area contributed by atoms with Crippen LogP contribution < -0.4 is 10.0 Å². The molecule has 0 aromatic heterocycles. The molecule has 39 heavy (non-hydrogen) atoms. The molecule has 2 N–H and O–H groups in total. The van der Waals surface area contributed by atoms with Gasteiger partial charge < -0.3 is 5.32 Å². The molecular formula is C27H29Cl2N3O5S2. The SMILES string of the molecule is Cc1ccc(C)c(NS(=O)(=O)c2ccc(NC(=O)C3CCN(S(=O)(=O)Cc4c(Cl)cccc4Cl)CC3)cc2)c1. The molecule has 1 fully saturated rings. The topological polar surface area (TPSA) is 113 Å². The third kappa shape index (κ3) is 7.12. The first-order valence-electron chi connectivity index (χ1n) is 12.3. The number of aryl methyl sites for hydroxylation is 2. The highest BCUT2D eigenvalue weighted by Gasteiger charge is 2.32. The van der Waals surface area contributed by atoms with Crippen molar-refractivity contribution >= 4 is 60.5 Å². The van der Waals surface area contributed by atoms with Gasteiger partial charge >= 0.3 is 0 Å². The molecule has 1 aliphatic rings. The molecule has 3 aromatic carbocycles. The number of carbonyl (C=O) groups is 1. The molecule has 1 saturated heterocycles. The van der Waals surface area contributed by atoms with E-state index in [1.165, 1.54) is 28.6 Å². The van der Waals surface area contributed by atoms with Gasteiger partial charge in [-0.2, -0.15) is 0 Å². The smallest absolute Gasteiger partial charge is 0.261 e. The van der Waals surface area contributed by atoms with E-state index >= 15 is 0 Å². The van der Waals surface area contributed by atoms with Gasteiger partial charge in [-0.3, -0.25) is 9.52 Å². The molecule has 0 spiro atoms. The number of amides is 1. The maximum absolute atomic E-state index is 12.9. The number of benzene rings is 3. The summed E-state index contributed by atoms with van der Waals surface area (Å²) in [4.78, 5) is 12.9. The highest BCUT2D eigenvalue weighted by molar-refractivity contribution is 7.92. The molecular weight excluding hydrogens is 581 g/mol. The fourth-order valence-corrected chi connectivity index (χ4v) is 7.79. The van der Waals surface area contributed by atoms with Gasteiger partial charge in [-0.1, -0.05) is 41.4 Å². The lowest BCUT2D eigenvalue weighted by molar-refractivity contribution is -0.120. The number of hydrogen-bond acceptors (Lipinski definition) is 5. The summed E-state index contributed by atoms with van der Waals surface area (Å²) in [5.74, 6) is -0.935. The molecule has 1 aliphatic heterocycles. The Bertz CT molecular complexity index is 1570. The van der Waals surface area contributed by atoms with Crippen molar-refractivity contribution in [3.63, 3.8) is 0 Å². The van der Waals surface area contributed by atoms with E-state index in [2.05, 4.69) is 10.0 Å². The minimum atomic E-state index is -3.81. The lowest BCUT2D eigenvalue weighted by Gasteiger charge is -2.30. The summed E-state index contributed by atoms with van der Waals surface area (Å²) in [5.41, 5.74) is 3.06. The predicted octanol–water partition coefficient (Wildman–Crippen LogP) is 5.59. The first kappa shape index (κ1) is 29.4. The van der Waals surface area contributed by atoms with Crippen LogP contribution in [0.1, 0.15) is 29.5 Å². The maximum atomic E-state index is 12.9. The quantitative estimate of drug-likeness (QED) is 0.345. The zero-order valence-electron chi connectivity index (χ0n) is 21.4. The van der Waals surface area contributed by atoms with Crippen molar-refractivity contribution in [2.75, 3.05) is 23.1 Å². The molecule has 1 amide bonds. The second-order valence-electron chi connectivity index (χ2n) is 9.57. The minimum Gasteiger partial charge on any atom is -0.326 e. The standard InChI is InChI=1S/C27H29Cl2N3O5S2/c1-18-6-7-19(2)26(16-18)31-39(36,37)22-10-8-21(9-11-22)30-27(33)20-12-14-32(15-13-20)38(34,35)17-23-24(28)4-3-5-25(23)29/h3-11,16,20,31H,12-15,17H2,1-2H3,(H,30,33). The fourth-order valence-electron chi connectivity index (χ4n) is 4.35. The average molecular weight is 611 g/mol. The summed E-state index contributed by atoms with van der Waals surface area (Å²) in [5, 5.41) is 3.39. The summed E-state index contributed by atoms with van der Waals surface area (Å²) in [6.45, 7) is 4.10. The van der Waals surface area contributed by atoms with E-state index in [1.807, 2.05) is 26.0 Å². The zero-order valence-corrected chi connectivity index (χ0v) is 24.6. The molecule has 0 aliphatic carbocycles. The first-order chi connectivity index (χ1) is 18.4. The van der Waals surface area contributed by atoms with Crippen LogP contribution >= 0.6 is 23.2 Å². The van der Waals surface area contributed by atoms with Gasteiger partial charge in [0.2, 0.25) is 15.9 Å². The Morgan fingerprint density at radius 3 is 2.15 bits per heavy atom. The van der Waals surface area contributed by atoms with Crippen LogP contribution in [-0.4, -0.2) is 40.1 Å². The molecule has 8 nitrogen and oxygen atoms in total. The Kier molecular flexibility index (Phi) is 8.92. The van der Waals surface area contributed by atoms with Gasteiger partial charge in [0.15, 0.2) is 0 Å². The van der Waals surface area contributed by atoms with Crippen LogP contribution in [0.25, 0.3) is 0 Å². The van der Waals surface area contributed by atoms with Crippen molar-refractivity contribution in [2.45, 2.75) is 37.3 Å². The van der Waals surface area contributed by atoms with Gasteiger partial charge in [0, 0.05) is 40.3 Å². The molecule has 1 heterocycles. The lowest BCUT2D eigenvalue weighted by Crippen LogP contribution is -2.42. The third-order valence-corrected chi connectivity index (χ3v) is 10.6. The Labute approximate surface area is 239 Å². The minimum absolute atomic E-state index is 0.0681. The van der Waals surface area contributed by atoms with E-state index < -0.39 is 20.0 Å². The first-order valence-corrected chi connectivity index (χ1v) is 16.1. The molecule has 4 rings (SSSR count). The normalized spacial score (nSPS) is 15.2. The molecule has 0 radical (unpaired) electrons. The number of hydrogen-bond donors (Lipinski definition) is 2. The van der Waals surface area contributed by atoms with Crippen LogP contribution in [0.15, 0.2) is 65.6 Å². The van der Waals surface area contributed by atoms with Gasteiger partial charge in [-0.25, -0.2) is 21.1 Å². The molecule has 3 aromatic rings. The van der Waals surface area contributed by atoms with Crippen molar-refractivity contribution in [3.05, 3.63) is 87.4 Å². The molecule has 0 bridgehead atoms. The molecule has 0 saturated carbocycles. The van der Waals surface area contributed by atoms with Gasteiger partial charge in [0.25, 0.3) is 10.0 Å². The van der Waals surface area contributed by atoms with E-state index in [-0.39, 0.29) is 35.6 Å². The second-order valence-corrected chi connectivity index (χ2v) is 14.0. The van der Waals surface area contributed by atoms with Crippen molar-refractivity contribution < 1.29 is 21.6 Å². The van der Waals surface area contributed by atoms with Crippen LogP contribution in [0.4, 0.5) is 11.4 Å². The van der Waals surface area contributed by atoms with Gasteiger partial charge in [-0.05, 0) is 80.3 Å². The molecule has 12 heteroatoms. The zero-order chi connectivity index (χ0) is 28.4. The van der Waals surface area contributed by atoms with E-state index in [0.29, 0.717) is 39.8 Å². The fraction of sp³-hybridized carbons (Fsp3) is 0.296. The number of piperidine rings is 1. The van der Waals surface area contributed by atoms with E-state index in [0.717, 1.165) is 11.1 Å². The lowest BCUT2D eigenvalue weighted by atomic mass is 9.97. The second kappa shape index (κ2) is 11.9. The Balaban J connectivity index is 1.34. The Morgan fingerprint density at radius 1 is 0.923 bits per heavy atom. The maximum Gasteiger partial charge on any atom is 0.261 e. The average Bonchev–Trinajstić information content (AvgIpc) is 2.89. The molecule has 0 unspecified atom stereocenters. The monoisotopic (exact) mass is 609 g/mol. The predicted molar refractivity (Wildman–Crippen MR) is 155 cm³/mol. The van der Waals surface area contributed by atoms with Gasteiger partial charge in [0.05, 0.1) is 16.3 Å². The van der Waals surface area contributed by atoms with Crippen LogP contribution in [0.2, 0.25) is 10.0 Å². The van der Waals surface area contributed by atoms with Crippen LogP contribution in [0.5, 0.6) is 0 Å². The van der Waals surface area contributed by atoms with E-state index in [4.69, 9.17) is 23.2 Å². The summed E-state index contributed by atoms with van der Waals surface area (Å²) in [7, 11) is -7.47. The number of carbonyl (C=O) groups excluding carboxylic acids is 1. The highest BCUT2D eigenvalue weighted by atomic mass is 35.5. The van der Waals surface area contributed by atoms with E-state index in [1.54, 1.807) is 24.3 Å². The highest BCUT2D eigenvalue weighted by Crippen LogP contribution is 2.29. The molecule has 0 atom stereocenters. The summed E-state index contributed by atoms with van der Waals surface area (Å²) in [6, 6.07) is 16.3. The van der Waals surface area contributed by atoms with Crippen LogP contribution in [-0.2, 0) is 30.6 Å². The summed E-state index contributed by atoms with van der Waals surface area (Å²) in [6.07, 6.45) is 0.709. The molecule has 208 valence electrons. The van der Waals surface area contributed by atoms with Crippen molar-refractivity contribution in [2.24, 2.45) is 5.92 Å². The Hall–Kier alpha value is -2.63. The largest absolute Gasteiger partial charge is 0.326 e. The number of halogens is 2. The number of anilines is 2. The van der Waals surface area contributed by atoms with Crippen molar-refractivity contribution in [1.82, 2.24) is 4.31 Å². The van der Waals surface area contributed by atoms with Gasteiger partial charge in [0.1, 0.15) is 0 Å². The number of sulfonamides is 2.